The van der Waals surface area contributed by atoms with E-state index in [-0.39, 0.29) is 28.5 Å². The van der Waals surface area contributed by atoms with Crippen LogP contribution in [-0.2, 0) is 14.2 Å². The number of fused-ring (bicyclic) bond motifs is 3. The van der Waals surface area contributed by atoms with Gasteiger partial charge in [-0.3, -0.25) is 0 Å². The summed E-state index contributed by atoms with van der Waals surface area (Å²) in [6, 6.07) is 0. The highest BCUT2D eigenvalue weighted by molar-refractivity contribution is 5.43. The van der Waals surface area contributed by atoms with Crippen molar-refractivity contribution in [1.82, 2.24) is 0 Å². The summed E-state index contributed by atoms with van der Waals surface area (Å²) < 4.78 is 18.7. The SMILES string of the molecule is CC[C@]12CC=C3[C@@H](CC[C@@]45CC6(CC[C@@]34O5)OCCO6)[C@@H]1CC[C@@H]2O. The fourth-order valence-corrected chi connectivity index (χ4v) is 7.78. The number of hydrogen-bond donors (Lipinski definition) is 1. The Morgan fingerprint density at radius 1 is 1.12 bits per heavy atom. The zero-order valence-corrected chi connectivity index (χ0v) is 15.3. The van der Waals surface area contributed by atoms with Gasteiger partial charge in [0.1, 0.15) is 11.2 Å². The van der Waals surface area contributed by atoms with E-state index in [2.05, 4.69) is 13.0 Å². The third-order valence-electron chi connectivity index (χ3n) is 9.01. The normalized spacial score (nSPS) is 55.1. The molecule has 2 saturated heterocycles. The minimum Gasteiger partial charge on any atom is -0.393 e. The monoisotopic (exact) mass is 346 g/mol. The number of ether oxygens (including phenoxy) is 3. The van der Waals surface area contributed by atoms with Crippen LogP contribution < -0.4 is 0 Å². The lowest BCUT2D eigenvalue weighted by Crippen LogP contribution is -2.52. The first-order valence-corrected chi connectivity index (χ1v) is 10.5. The van der Waals surface area contributed by atoms with Crippen molar-refractivity contribution in [1.29, 1.82) is 0 Å². The molecular formula is C21H30O4. The average Bonchev–Trinajstić information content (AvgIpc) is 2.89. The number of epoxide rings is 1. The van der Waals surface area contributed by atoms with Crippen molar-refractivity contribution in [3.8, 4) is 0 Å². The maximum absolute atomic E-state index is 10.7. The third-order valence-corrected chi connectivity index (χ3v) is 9.01. The third kappa shape index (κ3) is 1.69. The van der Waals surface area contributed by atoms with Crippen molar-refractivity contribution in [3.63, 3.8) is 0 Å². The van der Waals surface area contributed by atoms with Crippen molar-refractivity contribution in [2.75, 3.05) is 13.2 Å². The number of hydrogen-bond acceptors (Lipinski definition) is 4. The van der Waals surface area contributed by atoms with Gasteiger partial charge in [-0.1, -0.05) is 13.0 Å². The molecule has 4 heteroatoms. The van der Waals surface area contributed by atoms with Crippen molar-refractivity contribution in [3.05, 3.63) is 11.6 Å². The van der Waals surface area contributed by atoms with Gasteiger partial charge in [-0.25, -0.2) is 0 Å². The topological polar surface area (TPSA) is 51.2 Å². The Bertz CT molecular complexity index is 638. The number of aliphatic hydroxyl groups is 1. The molecule has 0 aromatic carbocycles. The maximum atomic E-state index is 10.7. The molecule has 6 atom stereocenters. The summed E-state index contributed by atoms with van der Waals surface area (Å²) in [6.45, 7) is 3.74. The van der Waals surface area contributed by atoms with Crippen molar-refractivity contribution in [2.24, 2.45) is 17.3 Å². The van der Waals surface area contributed by atoms with Gasteiger partial charge in [0.25, 0.3) is 0 Å². The standard InChI is InChI=1S/C21H30O4/c1-2-18-7-6-16-14(15(18)3-4-17(18)22)5-8-19-13-20(23-11-12-24-20)9-10-21(16,19)25-19/h6,14-15,17,22H,2-5,7-13H2,1H3/t14-,15-,17-,18-,19+,21+/m0/s1. The molecule has 0 bridgehead atoms. The van der Waals surface area contributed by atoms with E-state index in [1.165, 1.54) is 12.8 Å². The Hall–Kier alpha value is -0.420. The summed E-state index contributed by atoms with van der Waals surface area (Å²) in [5, 5.41) is 10.7. The van der Waals surface area contributed by atoms with Crippen LogP contribution in [0.15, 0.2) is 11.6 Å². The van der Waals surface area contributed by atoms with E-state index >= 15 is 0 Å². The van der Waals surface area contributed by atoms with Gasteiger partial charge in [0.05, 0.1) is 19.3 Å². The molecule has 0 radical (unpaired) electrons. The minimum atomic E-state index is -0.362. The lowest BCUT2D eigenvalue weighted by molar-refractivity contribution is -0.185. The quantitative estimate of drug-likeness (QED) is 0.584. The van der Waals surface area contributed by atoms with Crippen molar-refractivity contribution >= 4 is 0 Å². The van der Waals surface area contributed by atoms with Gasteiger partial charge < -0.3 is 19.3 Å². The van der Waals surface area contributed by atoms with Crippen LogP contribution in [0.5, 0.6) is 0 Å². The second-order valence-corrected chi connectivity index (χ2v) is 9.50. The molecule has 3 saturated carbocycles. The highest BCUT2D eigenvalue weighted by Crippen LogP contribution is 2.73. The first-order valence-electron chi connectivity index (χ1n) is 10.5. The van der Waals surface area contributed by atoms with Crippen molar-refractivity contribution < 1.29 is 19.3 Å². The van der Waals surface area contributed by atoms with Gasteiger partial charge in [0.15, 0.2) is 5.79 Å². The van der Waals surface area contributed by atoms with Crippen LogP contribution in [-0.4, -0.2) is 41.4 Å². The van der Waals surface area contributed by atoms with E-state index in [9.17, 15) is 5.11 Å². The molecule has 2 aliphatic heterocycles. The van der Waals surface area contributed by atoms with E-state index in [0.717, 1.165) is 58.2 Å². The van der Waals surface area contributed by atoms with Crippen LogP contribution >= 0.6 is 0 Å². The second-order valence-electron chi connectivity index (χ2n) is 9.50. The molecule has 25 heavy (non-hydrogen) atoms. The Morgan fingerprint density at radius 2 is 1.96 bits per heavy atom. The van der Waals surface area contributed by atoms with Gasteiger partial charge in [-0.2, -0.15) is 0 Å². The van der Waals surface area contributed by atoms with Crippen LogP contribution in [0.25, 0.3) is 0 Å². The van der Waals surface area contributed by atoms with Crippen LogP contribution in [0.3, 0.4) is 0 Å². The lowest BCUT2D eigenvalue weighted by atomic mass is 9.53. The van der Waals surface area contributed by atoms with Crippen LogP contribution in [0, 0.1) is 17.3 Å². The average molecular weight is 346 g/mol. The Labute approximate surface area is 149 Å². The van der Waals surface area contributed by atoms with Gasteiger partial charge in [0, 0.05) is 18.3 Å². The van der Waals surface area contributed by atoms with E-state index in [0.29, 0.717) is 11.8 Å². The Balaban J connectivity index is 1.36. The predicted octanol–water partition coefficient (Wildman–Crippen LogP) is 3.33. The van der Waals surface area contributed by atoms with E-state index in [1.54, 1.807) is 5.57 Å². The Morgan fingerprint density at radius 3 is 2.76 bits per heavy atom. The molecule has 4 aliphatic carbocycles. The summed E-state index contributed by atoms with van der Waals surface area (Å²) in [7, 11) is 0. The van der Waals surface area contributed by atoms with Gasteiger partial charge >= 0.3 is 0 Å². The summed E-state index contributed by atoms with van der Waals surface area (Å²) in [6.07, 6.45) is 12.0. The Kier molecular flexibility index (Phi) is 2.94. The first kappa shape index (κ1) is 15.6. The molecule has 0 unspecified atom stereocenters. The molecule has 0 aromatic heterocycles. The molecule has 0 amide bonds. The largest absolute Gasteiger partial charge is 0.393 e. The number of aliphatic hydroxyl groups excluding tert-OH is 1. The fourth-order valence-electron chi connectivity index (χ4n) is 7.78. The summed E-state index contributed by atoms with van der Waals surface area (Å²) >= 11 is 0. The van der Waals surface area contributed by atoms with Crippen LogP contribution in [0.1, 0.15) is 64.7 Å². The molecule has 5 fully saturated rings. The molecule has 6 aliphatic rings. The maximum Gasteiger partial charge on any atom is 0.171 e. The molecule has 6 rings (SSSR count). The predicted molar refractivity (Wildman–Crippen MR) is 91.9 cm³/mol. The van der Waals surface area contributed by atoms with Crippen LogP contribution in [0.4, 0.5) is 0 Å². The van der Waals surface area contributed by atoms with Gasteiger partial charge in [-0.05, 0) is 62.4 Å². The van der Waals surface area contributed by atoms with Crippen LogP contribution in [0.2, 0.25) is 0 Å². The number of rotatable bonds is 1. The summed E-state index contributed by atoms with van der Waals surface area (Å²) in [5.74, 6) is 0.915. The molecule has 2 heterocycles. The number of allylic oxidation sites excluding steroid dienone is 1. The summed E-state index contributed by atoms with van der Waals surface area (Å²) in [4.78, 5) is 0. The first-order chi connectivity index (χ1) is 12.1. The zero-order chi connectivity index (χ0) is 16.9. The fraction of sp³-hybridized carbons (Fsp3) is 0.905. The zero-order valence-electron chi connectivity index (χ0n) is 15.3. The molecule has 1 spiro atoms. The highest BCUT2D eigenvalue weighted by Gasteiger charge is 2.79. The smallest absolute Gasteiger partial charge is 0.171 e. The molecular weight excluding hydrogens is 316 g/mol. The van der Waals surface area contributed by atoms with E-state index < -0.39 is 0 Å². The van der Waals surface area contributed by atoms with E-state index in [4.69, 9.17) is 14.2 Å². The van der Waals surface area contributed by atoms with Gasteiger partial charge in [0.2, 0.25) is 0 Å². The molecule has 4 nitrogen and oxygen atoms in total. The second kappa shape index (κ2) is 4.70. The molecule has 138 valence electrons. The van der Waals surface area contributed by atoms with Crippen molar-refractivity contribution in [2.45, 2.75) is 87.8 Å². The highest BCUT2D eigenvalue weighted by atomic mass is 16.7. The lowest BCUT2D eigenvalue weighted by Gasteiger charge is -2.50. The molecule has 0 aromatic rings. The van der Waals surface area contributed by atoms with E-state index in [1.807, 2.05) is 0 Å². The minimum absolute atomic E-state index is 0.0239. The summed E-state index contributed by atoms with van der Waals surface area (Å²) in [5.41, 5.74) is 1.67. The van der Waals surface area contributed by atoms with Gasteiger partial charge in [-0.15, -0.1) is 0 Å². The molecule has 1 N–H and O–H groups in total.